The van der Waals surface area contributed by atoms with Crippen molar-refractivity contribution in [2.45, 2.75) is 25.8 Å². The van der Waals surface area contributed by atoms with Crippen molar-refractivity contribution in [2.24, 2.45) is 7.05 Å². The smallest absolute Gasteiger partial charge is 0.209 e. The van der Waals surface area contributed by atoms with E-state index in [1.807, 2.05) is 33.3 Å². The summed E-state index contributed by atoms with van der Waals surface area (Å²) in [6, 6.07) is 0. The second-order valence-corrected chi connectivity index (χ2v) is 6.96. The minimum absolute atomic E-state index is 0.484. The van der Waals surface area contributed by atoms with E-state index < -0.39 is 15.6 Å². The van der Waals surface area contributed by atoms with Gasteiger partial charge in [-0.1, -0.05) is 0 Å². The van der Waals surface area contributed by atoms with E-state index in [4.69, 9.17) is 0 Å². The summed E-state index contributed by atoms with van der Waals surface area (Å²) >= 11 is 0. The van der Waals surface area contributed by atoms with E-state index in [0.717, 1.165) is 13.0 Å². The van der Waals surface area contributed by atoms with Crippen molar-refractivity contribution < 1.29 is 8.42 Å². The van der Waals surface area contributed by atoms with Crippen LogP contribution in [-0.2, 0) is 23.5 Å². The number of nitrogens with zero attached hydrogens (tertiary/aromatic N) is 2. The molecule has 1 aromatic heterocycles. The van der Waals surface area contributed by atoms with Crippen LogP contribution in [0.15, 0.2) is 12.4 Å². The second kappa shape index (κ2) is 5.81. The quantitative estimate of drug-likeness (QED) is 0.680. The lowest BCUT2D eigenvalue weighted by atomic mass is 10.1. The van der Waals surface area contributed by atoms with Crippen molar-refractivity contribution in [3.63, 3.8) is 0 Å². The van der Waals surface area contributed by atoms with Crippen LogP contribution in [0.1, 0.15) is 19.4 Å². The van der Waals surface area contributed by atoms with Crippen LogP contribution in [0.4, 0.5) is 0 Å². The molecule has 0 radical (unpaired) electrons. The number of nitrogens with one attached hydrogen (secondary N) is 2. The van der Waals surface area contributed by atoms with Gasteiger partial charge in [-0.15, -0.1) is 0 Å². The van der Waals surface area contributed by atoms with Gasteiger partial charge in [0.25, 0.3) is 0 Å². The van der Waals surface area contributed by atoms with E-state index in [0.29, 0.717) is 6.54 Å². The first kappa shape index (κ1) is 15.1. The summed E-state index contributed by atoms with van der Waals surface area (Å²) in [6.07, 6.45) is 5.86. The normalized spacial score (nSPS) is 12.9. The van der Waals surface area contributed by atoms with Gasteiger partial charge in [-0.3, -0.25) is 4.68 Å². The summed E-state index contributed by atoms with van der Waals surface area (Å²) in [5.74, 6) is 0. The molecule has 2 N–H and O–H groups in total. The van der Waals surface area contributed by atoms with Gasteiger partial charge in [0, 0.05) is 25.3 Å². The van der Waals surface area contributed by atoms with Gasteiger partial charge >= 0.3 is 0 Å². The third-order valence-corrected chi connectivity index (χ3v) is 3.30. The van der Waals surface area contributed by atoms with Crippen molar-refractivity contribution in [1.82, 2.24) is 19.8 Å². The van der Waals surface area contributed by atoms with Crippen LogP contribution < -0.4 is 10.0 Å². The fourth-order valence-corrected chi connectivity index (χ4v) is 2.85. The lowest BCUT2D eigenvalue weighted by Crippen LogP contribution is -2.50. The largest absolute Gasteiger partial charge is 0.315 e. The first-order valence-corrected chi connectivity index (χ1v) is 7.74. The highest BCUT2D eigenvalue weighted by molar-refractivity contribution is 7.88. The summed E-state index contributed by atoms with van der Waals surface area (Å²) in [5.41, 5.74) is 0.682. The summed E-state index contributed by atoms with van der Waals surface area (Å²) in [5, 5.41) is 7.33. The molecule has 0 fully saturated rings. The maximum atomic E-state index is 11.2. The molecule has 0 saturated carbocycles. The molecule has 0 aliphatic heterocycles. The fourth-order valence-electron chi connectivity index (χ4n) is 1.77. The predicted octanol–water partition coefficient (Wildman–Crippen LogP) is -0.120. The number of hydrogen-bond donors (Lipinski definition) is 2. The SMILES string of the molecule is Cn1cc(CCNCC(C)(C)NS(C)(=O)=O)cn1. The molecule has 7 heteroatoms. The van der Waals surface area contributed by atoms with Crippen LogP contribution >= 0.6 is 0 Å². The third kappa shape index (κ3) is 6.13. The van der Waals surface area contributed by atoms with Crippen molar-refractivity contribution in [3.05, 3.63) is 18.0 Å². The molecule has 0 spiro atoms. The number of sulfonamides is 1. The molecule has 1 aromatic rings. The maximum Gasteiger partial charge on any atom is 0.209 e. The molecule has 0 aromatic carbocycles. The van der Waals surface area contributed by atoms with Crippen LogP contribution in [0.2, 0.25) is 0 Å². The van der Waals surface area contributed by atoms with Gasteiger partial charge in [0.1, 0.15) is 0 Å². The zero-order valence-electron chi connectivity index (χ0n) is 11.4. The van der Waals surface area contributed by atoms with Crippen LogP contribution in [-0.4, -0.2) is 43.1 Å². The Labute approximate surface area is 109 Å². The Morgan fingerprint density at radius 2 is 2.11 bits per heavy atom. The van der Waals surface area contributed by atoms with Crippen LogP contribution in [0.3, 0.4) is 0 Å². The van der Waals surface area contributed by atoms with Gasteiger partial charge in [0.15, 0.2) is 0 Å². The van der Waals surface area contributed by atoms with E-state index >= 15 is 0 Å². The van der Waals surface area contributed by atoms with E-state index in [2.05, 4.69) is 15.1 Å². The lowest BCUT2D eigenvalue weighted by molar-refractivity contribution is 0.423. The van der Waals surface area contributed by atoms with Gasteiger partial charge in [-0.25, -0.2) is 13.1 Å². The zero-order chi connectivity index (χ0) is 13.8. The van der Waals surface area contributed by atoms with Crippen molar-refractivity contribution in [1.29, 1.82) is 0 Å². The summed E-state index contributed by atoms with van der Waals surface area (Å²) < 4.78 is 26.7. The van der Waals surface area contributed by atoms with Gasteiger partial charge in [0.2, 0.25) is 10.0 Å². The standard InChI is InChI=1S/C11H22N4O2S/c1-11(2,14-18(4,16)17)9-12-6-5-10-7-13-15(3)8-10/h7-8,12,14H,5-6,9H2,1-4H3. The van der Waals surface area contributed by atoms with Gasteiger partial charge in [0.05, 0.1) is 12.5 Å². The average molecular weight is 274 g/mol. The van der Waals surface area contributed by atoms with Crippen LogP contribution in [0, 0.1) is 0 Å². The number of hydrogen-bond acceptors (Lipinski definition) is 4. The Bertz CT molecular complexity index is 479. The van der Waals surface area contributed by atoms with Gasteiger partial charge in [-0.05, 0) is 32.4 Å². The predicted molar refractivity (Wildman–Crippen MR) is 71.8 cm³/mol. The Balaban J connectivity index is 2.29. The molecular weight excluding hydrogens is 252 g/mol. The van der Waals surface area contributed by atoms with Crippen molar-refractivity contribution in [3.8, 4) is 0 Å². The molecule has 0 aliphatic rings. The second-order valence-electron chi connectivity index (χ2n) is 5.21. The fraction of sp³-hybridized carbons (Fsp3) is 0.727. The van der Waals surface area contributed by atoms with E-state index in [-0.39, 0.29) is 0 Å². The Morgan fingerprint density at radius 1 is 1.44 bits per heavy atom. The van der Waals surface area contributed by atoms with E-state index in [1.54, 1.807) is 4.68 Å². The molecular formula is C11H22N4O2S. The minimum Gasteiger partial charge on any atom is -0.315 e. The first-order chi connectivity index (χ1) is 8.18. The molecule has 18 heavy (non-hydrogen) atoms. The molecule has 1 rings (SSSR count). The highest BCUT2D eigenvalue weighted by atomic mass is 32.2. The number of aromatic nitrogens is 2. The molecule has 0 aliphatic carbocycles. The monoisotopic (exact) mass is 274 g/mol. The third-order valence-electron chi connectivity index (χ3n) is 2.38. The Morgan fingerprint density at radius 3 is 2.61 bits per heavy atom. The lowest BCUT2D eigenvalue weighted by Gasteiger charge is -2.25. The molecule has 0 atom stereocenters. The van der Waals surface area contributed by atoms with Crippen LogP contribution in [0.25, 0.3) is 0 Å². The first-order valence-electron chi connectivity index (χ1n) is 5.85. The van der Waals surface area contributed by atoms with Gasteiger partial charge in [-0.2, -0.15) is 5.10 Å². The topological polar surface area (TPSA) is 76.0 Å². The van der Waals surface area contributed by atoms with Crippen molar-refractivity contribution in [2.75, 3.05) is 19.3 Å². The molecule has 0 saturated heterocycles. The molecule has 0 bridgehead atoms. The molecule has 6 nitrogen and oxygen atoms in total. The Kier molecular flexibility index (Phi) is 4.89. The highest BCUT2D eigenvalue weighted by Crippen LogP contribution is 2.02. The Hall–Kier alpha value is -0.920. The minimum atomic E-state index is -3.17. The van der Waals surface area contributed by atoms with Crippen LogP contribution in [0.5, 0.6) is 0 Å². The molecule has 0 amide bonds. The summed E-state index contributed by atoms with van der Waals surface area (Å²) in [6.45, 7) is 5.08. The molecule has 1 heterocycles. The summed E-state index contributed by atoms with van der Waals surface area (Å²) in [7, 11) is -1.29. The van der Waals surface area contributed by atoms with E-state index in [9.17, 15) is 8.42 Å². The molecule has 0 unspecified atom stereocenters. The number of aryl methyl sites for hydroxylation is 1. The molecule has 104 valence electrons. The number of rotatable bonds is 7. The zero-order valence-corrected chi connectivity index (χ0v) is 12.2. The highest BCUT2D eigenvalue weighted by Gasteiger charge is 2.21. The van der Waals surface area contributed by atoms with Gasteiger partial charge < -0.3 is 5.32 Å². The van der Waals surface area contributed by atoms with E-state index in [1.165, 1.54) is 11.8 Å². The average Bonchev–Trinajstić information content (AvgIpc) is 2.55. The maximum absolute atomic E-state index is 11.2. The van der Waals surface area contributed by atoms with Crippen molar-refractivity contribution >= 4 is 10.0 Å². The summed E-state index contributed by atoms with van der Waals surface area (Å²) in [4.78, 5) is 0.